The van der Waals surface area contributed by atoms with Crippen molar-refractivity contribution in [1.29, 1.82) is 5.26 Å². The Morgan fingerprint density at radius 2 is 2.03 bits per heavy atom. The van der Waals surface area contributed by atoms with E-state index >= 15 is 0 Å². The summed E-state index contributed by atoms with van der Waals surface area (Å²) in [6.07, 6.45) is 3.08. The van der Waals surface area contributed by atoms with Crippen LogP contribution in [0.15, 0.2) is 29.2 Å². The van der Waals surface area contributed by atoms with Crippen molar-refractivity contribution >= 4 is 35.2 Å². The monoisotopic (exact) mass is 415 g/mol. The molecule has 1 aromatic rings. The Hall–Kier alpha value is -2.53. The van der Waals surface area contributed by atoms with Gasteiger partial charge in [-0.3, -0.25) is 14.4 Å². The summed E-state index contributed by atoms with van der Waals surface area (Å²) in [5.41, 5.74) is -0.0713. The molecule has 1 aliphatic carbocycles. The largest absolute Gasteiger partial charge is 0.452 e. The van der Waals surface area contributed by atoms with Gasteiger partial charge in [0, 0.05) is 11.4 Å². The zero-order chi connectivity index (χ0) is 20.9. The van der Waals surface area contributed by atoms with Crippen LogP contribution in [0.1, 0.15) is 45.4 Å². The molecule has 7 nitrogen and oxygen atoms in total. The van der Waals surface area contributed by atoms with Crippen LogP contribution in [0.25, 0.3) is 0 Å². The fraction of sp³-hybridized carbons (Fsp3) is 0.524. The standard InChI is InChI=1S/C21H25N3O4S/c1-15(20(27)23-21(14-22)10-5-2-6-11-21)28-19(26)9-12-24-16-7-3-4-8-17(16)29-13-18(24)25/h3-4,7-8,15H,2,5-6,9-13H2,1H3,(H,23,27)/t15-/m1/s1. The molecule has 2 aliphatic rings. The van der Waals surface area contributed by atoms with E-state index in [9.17, 15) is 19.6 Å². The number of hydrogen-bond donors (Lipinski definition) is 1. The second kappa shape index (κ2) is 9.31. The summed E-state index contributed by atoms with van der Waals surface area (Å²) in [4.78, 5) is 39.5. The maximum absolute atomic E-state index is 12.4. The average Bonchev–Trinajstić information content (AvgIpc) is 2.73. The molecule has 1 fully saturated rings. The number of carbonyl (C=O) groups is 3. The van der Waals surface area contributed by atoms with E-state index in [1.165, 1.54) is 18.7 Å². The predicted molar refractivity (Wildman–Crippen MR) is 109 cm³/mol. The lowest BCUT2D eigenvalue weighted by Crippen LogP contribution is -2.52. The summed E-state index contributed by atoms with van der Waals surface area (Å²) >= 11 is 1.48. The highest BCUT2D eigenvalue weighted by molar-refractivity contribution is 8.00. The number of amides is 2. The average molecular weight is 416 g/mol. The number of hydrogen-bond acceptors (Lipinski definition) is 6. The second-order valence-electron chi connectivity index (χ2n) is 7.43. The Morgan fingerprint density at radius 3 is 2.76 bits per heavy atom. The van der Waals surface area contributed by atoms with Crippen LogP contribution in [0.5, 0.6) is 0 Å². The molecular weight excluding hydrogens is 390 g/mol. The summed E-state index contributed by atoms with van der Waals surface area (Å²) in [7, 11) is 0. The molecule has 154 valence electrons. The first-order chi connectivity index (χ1) is 13.9. The molecule has 0 saturated heterocycles. The van der Waals surface area contributed by atoms with Gasteiger partial charge in [0.15, 0.2) is 6.10 Å². The predicted octanol–water partition coefficient (Wildman–Crippen LogP) is 2.79. The number of fused-ring (bicyclic) bond motifs is 1. The SMILES string of the molecule is C[C@@H](OC(=O)CCN1C(=O)CSc2ccccc21)C(=O)NC1(C#N)CCCCC1. The van der Waals surface area contributed by atoms with Crippen LogP contribution in [-0.4, -0.2) is 41.7 Å². The third-order valence-electron chi connectivity index (χ3n) is 5.31. The number of anilines is 1. The first-order valence-corrected chi connectivity index (χ1v) is 10.9. The number of esters is 1. The van der Waals surface area contributed by atoms with Crippen LogP contribution in [0, 0.1) is 11.3 Å². The summed E-state index contributed by atoms with van der Waals surface area (Å²) in [5, 5.41) is 12.2. The van der Waals surface area contributed by atoms with Gasteiger partial charge in [0.25, 0.3) is 5.91 Å². The van der Waals surface area contributed by atoms with Crippen LogP contribution < -0.4 is 10.2 Å². The second-order valence-corrected chi connectivity index (χ2v) is 8.44. The Morgan fingerprint density at radius 1 is 1.31 bits per heavy atom. The molecule has 3 rings (SSSR count). The Kier molecular flexibility index (Phi) is 6.80. The lowest BCUT2D eigenvalue weighted by atomic mass is 9.83. The van der Waals surface area contributed by atoms with Crippen LogP contribution in [0.4, 0.5) is 5.69 Å². The van der Waals surface area contributed by atoms with Gasteiger partial charge in [-0.2, -0.15) is 5.26 Å². The molecule has 1 atom stereocenters. The highest BCUT2D eigenvalue weighted by Gasteiger charge is 2.35. The van der Waals surface area contributed by atoms with E-state index < -0.39 is 23.5 Å². The summed E-state index contributed by atoms with van der Waals surface area (Å²) < 4.78 is 5.25. The van der Waals surface area contributed by atoms with Crippen molar-refractivity contribution in [3.63, 3.8) is 0 Å². The minimum Gasteiger partial charge on any atom is -0.452 e. The molecule has 0 aromatic heterocycles. The topological polar surface area (TPSA) is 99.5 Å². The molecule has 8 heteroatoms. The Labute approximate surface area is 174 Å². The van der Waals surface area contributed by atoms with Gasteiger partial charge >= 0.3 is 5.97 Å². The van der Waals surface area contributed by atoms with Gasteiger partial charge in [-0.1, -0.05) is 31.4 Å². The zero-order valence-electron chi connectivity index (χ0n) is 16.5. The van der Waals surface area contributed by atoms with E-state index in [2.05, 4.69) is 11.4 Å². The lowest BCUT2D eigenvalue weighted by molar-refractivity contribution is -0.155. The smallest absolute Gasteiger partial charge is 0.308 e. The van der Waals surface area contributed by atoms with Gasteiger partial charge in [0.05, 0.1) is 23.9 Å². The number of nitrogens with zero attached hydrogens (tertiary/aromatic N) is 2. The van der Waals surface area contributed by atoms with Gasteiger partial charge < -0.3 is 15.0 Å². The zero-order valence-corrected chi connectivity index (χ0v) is 17.3. The number of para-hydroxylation sites is 1. The van der Waals surface area contributed by atoms with E-state index in [1.54, 1.807) is 4.90 Å². The van der Waals surface area contributed by atoms with E-state index in [1.807, 2.05) is 24.3 Å². The number of thioether (sulfide) groups is 1. The molecule has 29 heavy (non-hydrogen) atoms. The quantitative estimate of drug-likeness (QED) is 0.717. The molecule has 1 N–H and O–H groups in total. The number of nitriles is 1. The third kappa shape index (κ3) is 5.10. The van der Waals surface area contributed by atoms with Gasteiger partial charge in [-0.15, -0.1) is 11.8 Å². The van der Waals surface area contributed by atoms with Gasteiger partial charge in [-0.05, 0) is 31.9 Å². The molecule has 0 radical (unpaired) electrons. The van der Waals surface area contributed by atoms with Gasteiger partial charge in [0.1, 0.15) is 5.54 Å². The summed E-state index contributed by atoms with van der Waals surface area (Å²) in [6, 6.07) is 9.78. The van der Waals surface area contributed by atoms with Crippen LogP contribution >= 0.6 is 11.8 Å². The highest BCUT2D eigenvalue weighted by atomic mass is 32.2. The molecule has 1 aliphatic heterocycles. The van der Waals surface area contributed by atoms with Crippen molar-refractivity contribution in [3.8, 4) is 6.07 Å². The maximum atomic E-state index is 12.4. The lowest BCUT2D eigenvalue weighted by Gasteiger charge is -2.32. The van der Waals surface area contributed by atoms with Gasteiger partial charge in [0.2, 0.25) is 5.91 Å². The molecule has 0 unspecified atom stereocenters. The maximum Gasteiger partial charge on any atom is 0.308 e. The fourth-order valence-electron chi connectivity index (χ4n) is 3.67. The third-order valence-corrected chi connectivity index (χ3v) is 6.36. The van der Waals surface area contributed by atoms with Crippen molar-refractivity contribution in [3.05, 3.63) is 24.3 Å². The van der Waals surface area contributed by atoms with E-state index in [-0.39, 0.29) is 18.9 Å². The van der Waals surface area contributed by atoms with Crippen molar-refractivity contribution in [2.24, 2.45) is 0 Å². The van der Waals surface area contributed by atoms with Crippen molar-refractivity contribution in [2.45, 2.75) is 62.0 Å². The molecule has 1 heterocycles. The molecular formula is C21H25N3O4S. The minimum absolute atomic E-state index is 0.00818. The molecule has 1 saturated carbocycles. The number of carbonyl (C=O) groups excluding carboxylic acids is 3. The first kappa shape index (κ1) is 21.2. The first-order valence-electron chi connectivity index (χ1n) is 9.89. The van der Waals surface area contributed by atoms with Crippen molar-refractivity contribution in [2.75, 3.05) is 17.2 Å². The number of ether oxygens (including phenoxy) is 1. The van der Waals surface area contributed by atoms with Gasteiger partial charge in [-0.25, -0.2) is 0 Å². The molecule has 0 bridgehead atoms. The Bertz CT molecular complexity index is 829. The van der Waals surface area contributed by atoms with E-state index in [4.69, 9.17) is 4.74 Å². The van der Waals surface area contributed by atoms with Crippen LogP contribution in [0.3, 0.4) is 0 Å². The van der Waals surface area contributed by atoms with Crippen molar-refractivity contribution < 1.29 is 19.1 Å². The van der Waals surface area contributed by atoms with E-state index in [0.717, 1.165) is 29.8 Å². The minimum atomic E-state index is -0.991. The molecule has 2 amide bonds. The highest BCUT2D eigenvalue weighted by Crippen LogP contribution is 2.35. The number of nitrogens with one attached hydrogen (secondary N) is 1. The summed E-state index contributed by atoms with van der Waals surface area (Å²) in [6.45, 7) is 1.70. The van der Waals surface area contributed by atoms with Crippen LogP contribution in [0.2, 0.25) is 0 Å². The number of benzene rings is 1. The normalized spacial score (nSPS) is 18.9. The van der Waals surface area contributed by atoms with Crippen molar-refractivity contribution in [1.82, 2.24) is 5.32 Å². The van der Waals surface area contributed by atoms with E-state index in [0.29, 0.717) is 18.6 Å². The Balaban J connectivity index is 1.52. The fourth-order valence-corrected chi connectivity index (χ4v) is 4.61. The molecule has 0 spiro atoms. The molecule has 1 aromatic carbocycles. The number of rotatable bonds is 6. The van der Waals surface area contributed by atoms with Crippen LogP contribution in [-0.2, 0) is 19.1 Å². The summed E-state index contributed by atoms with van der Waals surface area (Å²) in [5.74, 6) is -0.731.